The Balaban J connectivity index is 1.27. The predicted molar refractivity (Wildman–Crippen MR) is 115 cm³/mol. The van der Waals surface area contributed by atoms with Crippen molar-refractivity contribution >= 4 is 33.2 Å². The maximum atomic E-state index is 12.6. The van der Waals surface area contributed by atoms with E-state index in [0.717, 1.165) is 11.1 Å². The number of piperidine rings is 1. The molecule has 1 fully saturated rings. The minimum atomic E-state index is -0.111. The van der Waals surface area contributed by atoms with Crippen molar-refractivity contribution in [1.82, 2.24) is 24.6 Å². The predicted octanol–water partition coefficient (Wildman–Crippen LogP) is 2.47. The van der Waals surface area contributed by atoms with Crippen molar-refractivity contribution < 1.29 is 9.59 Å². The van der Waals surface area contributed by atoms with Gasteiger partial charge in [-0.1, -0.05) is 0 Å². The van der Waals surface area contributed by atoms with Crippen LogP contribution < -0.4 is 5.56 Å². The number of aromatic amines is 1. The van der Waals surface area contributed by atoms with E-state index < -0.39 is 0 Å². The lowest BCUT2D eigenvalue weighted by atomic mass is 9.90. The lowest BCUT2D eigenvalue weighted by molar-refractivity contribution is -0.132. The topological polar surface area (TPSA) is 101 Å². The molecule has 3 aromatic rings. The van der Waals surface area contributed by atoms with Gasteiger partial charge in [-0.2, -0.15) is 5.10 Å². The quantitative estimate of drug-likeness (QED) is 0.609. The molecule has 0 aromatic carbocycles. The Morgan fingerprint density at radius 3 is 2.77 bits per heavy atom. The van der Waals surface area contributed by atoms with Gasteiger partial charge < -0.3 is 9.88 Å². The van der Waals surface area contributed by atoms with Crippen molar-refractivity contribution in [3.8, 4) is 0 Å². The smallest absolute Gasteiger partial charge is 0.268 e. The number of amides is 1. The maximum Gasteiger partial charge on any atom is 0.268 e. The van der Waals surface area contributed by atoms with Crippen LogP contribution in [0.4, 0.5) is 0 Å². The van der Waals surface area contributed by atoms with Gasteiger partial charge in [-0.3, -0.25) is 19.1 Å². The van der Waals surface area contributed by atoms with E-state index in [4.69, 9.17) is 0 Å². The Morgan fingerprint density at radius 2 is 2.07 bits per heavy atom. The van der Waals surface area contributed by atoms with E-state index in [9.17, 15) is 14.4 Å². The average molecular weight is 428 g/mol. The average Bonchev–Trinajstić information content (AvgIpc) is 3.34. The molecule has 1 aliphatic heterocycles. The first-order chi connectivity index (χ1) is 14.4. The highest BCUT2D eigenvalue weighted by Gasteiger charge is 2.28. The van der Waals surface area contributed by atoms with Gasteiger partial charge in [0.25, 0.3) is 5.56 Å². The molecule has 1 N–H and O–H groups in total. The summed E-state index contributed by atoms with van der Waals surface area (Å²) in [4.78, 5) is 46.5. The molecule has 0 bridgehead atoms. The number of hydrogen-bond acceptors (Lipinski definition) is 6. The van der Waals surface area contributed by atoms with Crippen molar-refractivity contribution in [3.63, 3.8) is 0 Å². The fourth-order valence-electron chi connectivity index (χ4n) is 3.95. The van der Waals surface area contributed by atoms with Crippen LogP contribution in [-0.4, -0.2) is 49.4 Å². The second-order valence-corrected chi connectivity index (χ2v) is 8.76. The Hall–Kier alpha value is -2.81. The second kappa shape index (κ2) is 8.51. The minimum absolute atomic E-state index is 0.0481. The normalized spacial score (nSPS) is 15.1. The van der Waals surface area contributed by atoms with Gasteiger partial charge in [-0.25, -0.2) is 4.98 Å². The van der Waals surface area contributed by atoms with Crippen LogP contribution in [0.2, 0.25) is 0 Å². The Kier molecular flexibility index (Phi) is 5.80. The number of H-pyrrole nitrogens is 1. The van der Waals surface area contributed by atoms with E-state index in [1.54, 1.807) is 24.1 Å². The van der Waals surface area contributed by atoms with Crippen LogP contribution in [0.3, 0.4) is 0 Å². The summed E-state index contributed by atoms with van der Waals surface area (Å²) in [5.41, 5.74) is 2.29. The molecule has 0 atom stereocenters. The first kappa shape index (κ1) is 20.5. The van der Waals surface area contributed by atoms with Crippen LogP contribution >= 0.6 is 11.3 Å². The maximum absolute atomic E-state index is 12.6. The molecule has 8 nitrogen and oxygen atoms in total. The standard InChI is InChI=1S/C21H25N5O3S/c1-13-12-30-20-18(13)23-16(24-21(20)29)4-3-5-17(27)26-8-6-14(7-9-26)19(28)15-10-22-25(2)11-15/h10-12,14H,3-9H2,1-2H3,(H,23,24,29). The number of aromatic nitrogens is 4. The van der Waals surface area contributed by atoms with Crippen molar-refractivity contribution in [2.24, 2.45) is 13.0 Å². The van der Waals surface area contributed by atoms with E-state index in [1.165, 1.54) is 11.3 Å². The highest BCUT2D eigenvalue weighted by atomic mass is 32.1. The van der Waals surface area contributed by atoms with Gasteiger partial charge in [0.05, 0.1) is 17.3 Å². The van der Waals surface area contributed by atoms with Gasteiger partial charge in [-0.05, 0) is 37.1 Å². The number of carbonyl (C=O) groups is 2. The molecule has 1 aliphatic rings. The molecule has 0 aliphatic carbocycles. The van der Waals surface area contributed by atoms with Crippen LogP contribution in [0.5, 0.6) is 0 Å². The van der Waals surface area contributed by atoms with Crippen LogP contribution in [-0.2, 0) is 18.3 Å². The third-order valence-electron chi connectivity index (χ3n) is 5.67. The lowest BCUT2D eigenvalue weighted by Gasteiger charge is -2.31. The fraction of sp³-hybridized carbons (Fsp3) is 0.476. The van der Waals surface area contributed by atoms with Crippen LogP contribution in [0.1, 0.15) is 47.4 Å². The van der Waals surface area contributed by atoms with Gasteiger partial charge >= 0.3 is 0 Å². The largest absolute Gasteiger partial charge is 0.343 e. The number of likely N-dealkylation sites (tertiary alicyclic amines) is 1. The number of nitrogens with zero attached hydrogens (tertiary/aromatic N) is 4. The van der Waals surface area contributed by atoms with Crippen molar-refractivity contribution in [2.45, 2.75) is 39.0 Å². The van der Waals surface area contributed by atoms with Gasteiger partial charge in [0.2, 0.25) is 5.91 Å². The van der Waals surface area contributed by atoms with Gasteiger partial charge in [0, 0.05) is 45.1 Å². The van der Waals surface area contributed by atoms with E-state index in [0.29, 0.717) is 61.3 Å². The molecular weight excluding hydrogens is 402 g/mol. The number of carbonyl (C=O) groups excluding carboxylic acids is 2. The summed E-state index contributed by atoms with van der Waals surface area (Å²) in [5.74, 6) is 0.789. The Labute approximate surface area is 177 Å². The summed E-state index contributed by atoms with van der Waals surface area (Å²) in [6.45, 7) is 3.15. The third-order valence-corrected chi connectivity index (χ3v) is 6.75. The molecule has 0 radical (unpaired) electrons. The molecule has 0 saturated carbocycles. The molecule has 4 heterocycles. The third kappa shape index (κ3) is 4.21. The van der Waals surface area contributed by atoms with Crippen LogP contribution in [0, 0.1) is 12.8 Å². The zero-order valence-corrected chi connectivity index (χ0v) is 18.0. The lowest BCUT2D eigenvalue weighted by Crippen LogP contribution is -2.40. The summed E-state index contributed by atoms with van der Waals surface area (Å²) in [7, 11) is 1.79. The number of aryl methyl sites for hydroxylation is 3. The van der Waals surface area contributed by atoms with Gasteiger partial charge in [0.15, 0.2) is 5.78 Å². The van der Waals surface area contributed by atoms with Gasteiger partial charge in [0.1, 0.15) is 10.5 Å². The summed E-state index contributed by atoms with van der Waals surface area (Å²) >= 11 is 1.40. The van der Waals surface area contributed by atoms with E-state index in [-0.39, 0.29) is 23.2 Å². The summed E-state index contributed by atoms with van der Waals surface area (Å²) in [6, 6.07) is 0. The molecule has 1 amide bonds. The number of hydrogen-bond donors (Lipinski definition) is 1. The number of nitrogens with one attached hydrogen (secondary N) is 1. The van der Waals surface area contributed by atoms with E-state index in [1.807, 2.05) is 17.2 Å². The fourth-order valence-corrected chi connectivity index (χ4v) is 4.83. The Bertz CT molecular complexity index is 1140. The minimum Gasteiger partial charge on any atom is -0.343 e. The van der Waals surface area contributed by atoms with Crippen LogP contribution in [0.25, 0.3) is 10.2 Å². The molecule has 3 aromatic heterocycles. The van der Waals surface area contributed by atoms with Crippen LogP contribution in [0.15, 0.2) is 22.6 Å². The van der Waals surface area contributed by atoms with Crippen molar-refractivity contribution in [2.75, 3.05) is 13.1 Å². The molecule has 4 rings (SSSR count). The number of fused-ring (bicyclic) bond motifs is 1. The first-order valence-electron chi connectivity index (χ1n) is 10.2. The molecular formula is C21H25N5O3S. The van der Waals surface area contributed by atoms with Crippen molar-refractivity contribution in [1.29, 1.82) is 0 Å². The summed E-state index contributed by atoms with van der Waals surface area (Å²) in [6.07, 6.45) is 6.31. The monoisotopic (exact) mass is 427 g/mol. The first-order valence-corrected chi connectivity index (χ1v) is 11.1. The van der Waals surface area contributed by atoms with E-state index in [2.05, 4.69) is 15.1 Å². The summed E-state index contributed by atoms with van der Waals surface area (Å²) in [5, 5.41) is 6.00. The van der Waals surface area contributed by atoms with E-state index >= 15 is 0 Å². The highest BCUT2D eigenvalue weighted by Crippen LogP contribution is 2.23. The molecule has 0 unspecified atom stereocenters. The SMILES string of the molecule is Cc1csc2c(=O)[nH]c(CCCC(=O)N3CCC(C(=O)c4cnn(C)c4)CC3)nc12. The number of thiophene rings is 1. The number of ketones is 1. The number of Topliss-reactive ketones (excluding diaryl/α,β-unsaturated/α-hetero) is 1. The molecule has 9 heteroatoms. The highest BCUT2D eigenvalue weighted by molar-refractivity contribution is 7.17. The molecule has 30 heavy (non-hydrogen) atoms. The van der Waals surface area contributed by atoms with Crippen molar-refractivity contribution in [3.05, 3.63) is 45.1 Å². The second-order valence-electron chi connectivity index (χ2n) is 7.88. The molecule has 158 valence electrons. The molecule has 0 spiro atoms. The number of rotatable bonds is 6. The summed E-state index contributed by atoms with van der Waals surface area (Å²) < 4.78 is 2.28. The van der Waals surface area contributed by atoms with Gasteiger partial charge in [-0.15, -0.1) is 11.3 Å². The zero-order valence-electron chi connectivity index (χ0n) is 17.2. The Morgan fingerprint density at radius 1 is 1.30 bits per heavy atom. The zero-order chi connectivity index (χ0) is 21.3. The molecule has 1 saturated heterocycles.